The zero-order valence-corrected chi connectivity index (χ0v) is 14.5. The summed E-state index contributed by atoms with van der Waals surface area (Å²) in [5.41, 5.74) is 2.72. The first-order valence-electron chi connectivity index (χ1n) is 8.49. The van der Waals surface area contributed by atoms with E-state index in [2.05, 4.69) is 64.2 Å². The van der Waals surface area contributed by atoms with E-state index in [1.54, 1.807) is 0 Å². The summed E-state index contributed by atoms with van der Waals surface area (Å²) in [5, 5.41) is 3.53. The number of nitrogens with one attached hydrogen (secondary N) is 1. The average Bonchev–Trinajstić information content (AvgIpc) is 2.47. The molecule has 0 amide bonds. The Balaban J connectivity index is 2.55. The third kappa shape index (κ3) is 6.62. The second-order valence-electron chi connectivity index (χ2n) is 6.36. The lowest BCUT2D eigenvalue weighted by atomic mass is 9.99. The molecule has 1 aromatic rings. The van der Waals surface area contributed by atoms with E-state index in [4.69, 9.17) is 4.74 Å². The maximum absolute atomic E-state index is 5.93. The molecule has 0 aliphatic carbocycles. The molecule has 120 valence electrons. The number of hydrogen-bond acceptors (Lipinski definition) is 2. The maximum atomic E-state index is 5.93. The predicted molar refractivity (Wildman–Crippen MR) is 91.8 cm³/mol. The average molecular weight is 291 g/mol. The van der Waals surface area contributed by atoms with Crippen molar-refractivity contribution in [1.82, 2.24) is 5.32 Å². The highest BCUT2D eigenvalue weighted by Crippen LogP contribution is 2.19. The summed E-state index contributed by atoms with van der Waals surface area (Å²) >= 11 is 0. The van der Waals surface area contributed by atoms with E-state index >= 15 is 0 Å². The van der Waals surface area contributed by atoms with Crippen molar-refractivity contribution in [3.63, 3.8) is 0 Å². The fourth-order valence-corrected chi connectivity index (χ4v) is 2.60. The molecule has 0 heterocycles. The molecule has 1 rings (SSSR count). The number of benzene rings is 1. The van der Waals surface area contributed by atoms with Gasteiger partial charge in [0.15, 0.2) is 0 Å². The third-order valence-electron chi connectivity index (χ3n) is 3.92. The predicted octanol–water partition coefficient (Wildman–Crippen LogP) is 4.91. The van der Waals surface area contributed by atoms with E-state index in [9.17, 15) is 0 Å². The van der Waals surface area contributed by atoms with Crippen LogP contribution in [0, 0.1) is 5.92 Å². The molecule has 0 saturated carbocycles. The highest BCUT2D eigenvalue weighted by atomic mass is 16.5. The van der Waals surface area contributed by atoms with Crippen LogP contribution in [-0.2, 0) is 4.74 Å². The summed E-state index contributed by atoms with van der Waals surface area (Å²) in [6.07, 6.45) is 2.48. The Morgan fingerprint density at radius 2 is 1.57 bits per heavy atom. The standard InChI is InChI=1S/C19H33NO/c1-6-8-16(5)13-21-14-19(20-7-2)18-11-9-17(10-12-18)15(3)4/h9-12,15-16,19-20H,6-8,13-14H2,1-5H3. The van der Waals surface area contributed by atoms with E-state index in [-0.39, 0.29) is 0 Å². The first-order valence-corrected chi connectivity index (χ1v) is 8.49. The first kappa shape index (κ1) is 18.2. The number of likely N-dealkylation sites (N-methyl/N-ethyl adjacent to an activating group) is 1. The van der Waals surface area contributed by atoms with E-state index in [0.717, 1.165) is 19.8 Å². The summed E-state index contributed by atoms with van der Waals surface area (Å²) in [7, 11) is 0. The fraction of sp³-hybridized carbons (Fsp3) is 0.684. The molecule has 0 aliphatic heterocycles. The van der Waals surface area contributed by atoms with Crippen LogP contribution < -0.4 is 5.32 Å². The highest BCUT2D eigenvalue weighted by molar-refractivity contribution is 5.27. The van der Waals surface area contributed by atoms with Crippen molar-refractivity contribution in [2.75, 3.05) is 19.8 Å². The number of rotatable bonds is 10. The zero-order chi connectivity index (χ0) is 15.7. The van der Waals surface area contributed by atoms with Gasteiger partial charge in [-0.05, 0) is 35.9 Å². The van der Waals surface area contributed by atoms with Crippen molar-refractivity contribution in [3.05, 3.63) is 35.4 Å². The zero-order valence-electron chi connectivity index (χ0n) is 14.5. The molecule has 2 heteroatoms. The quantitative estimate of drug-likeness (QED) is 0.661. The maximum Gasteiger partial charge on any atom is 0.0661 e. The number of hydrogen-bond donors (Lipinski definition) is 1. The minimum atomic E-state index is 0.296. The fourth-order valence-electron chi connectivity index (χ4n) is 2.60. The lowest BCUT2D eigenvalue weighted by Gasteiger charge is -2.20. The van der Waals surface area contributed by atoms with Crippen LogP contribution in [-0.4, -0.2) is 19.8 Å². The van der Waals surface area contributed by atoms with Crippen molar-refractivity contribution in [1.29, 1.82) is 0 Å². The molecule has 2 nitrogen and oxygen atoms in total. The van der Waals surface area contributed by atoms with Gasteiger partial charge in [0.2, 0.25) is 0 Å². The van der Waals surface area contributed by atoms with Gasteiger partial charge in [-0.25, -0.2) is 0 Å². The Morgan fingerprint density at radius 3 is 2.10 bits per heavy atom. The molecule has 1 aromatic carbocycles. The Hall–Kier alpha value is -0.860. The van der Waals surface area contributed by atoms with Crippen LogP contribution in [0.2, 0.25) is 0 Å². The molecule has 0 bridgehead atoms. The minimum absolute atomic E-state index is 0.296. The van der Waals surface area contributed by atoms with Crippen molar-refractivity contribution in [2.45, 2.75) is 59.4 Å². The highest BCUT2D eigenvalue weighted by Gasteiger charge is 2.12. The van der Waals surface area contributed by atoms with Gasteiger partial charge in [0.25, 0.3) is 0 Å². The molecule has 0 aromatic heterocycles. The van der Waals surface area contributed by atoms with Crippen LogP contribution in [0.5, 0.6) is 0 Å². The minimum Gasteiger partial charge on any atom is -0.379 e. The lowest BCUT2D eigenvalue weighted by Crippen LogP contribution is -2.26. The summed E-state index contributed by atoms with van der Waals surface area (Å²) in [6, 6.07) is 9.25. The number of ether oxygens (including phenoxy) is 1. The Kier molecular flexibility index (Phi) is 8.63. The van der Waals surface area contributed by atoms with Gasteiger partial charge in [-0.3, -0.25) is 0 Å². The van der Waals surface area contributed by atoms with Crippen molar-refractivity contribution >= 4 is 0 Å². The van der Waals surface area contributed by atoms with Crippen LogP contribution in [0.3, 0.4) is 0 Å². The molecular formula is C19H33NO. The normalized spacial score (nSPS) is 14.4. The first-order chi connectivity index (χ1) is 10.1. The smallest absolute Gasteiger partial charge is 0.0661 e. The summed E-state index contributed by atoms with van der Waals surface area (Å²) in [5.74, 6) is 1.24. The van der Waals surface area contributed by atoms with Crippen LogP contribution in [0.4, 0.5) is 0 Å². The second kappa shape index (κ2) is 9.97. The molecule has 0 fully saturated rings. The van der Waals surface area contributed by atoms with Gasteiger partial charge in [-0.2, -0.15) is 0 Å². The molecular weight excluding hydrogens is 258 g/mol. The second-order valence-corrected chi connectivity index (χ2v) is 6.36. The Labute approximate surface area is 131 Å². The van der Waals surface area contributed by atoms with Gasteiger partial charge in [0.05, 0.1) is 12.6 Å². The van der Waals surface area contributed by atoms with E-state index in [0.29, 0.717) is 17.9 Å². The molecule has 0 saturated heterocycles. The molecule has 0 radical (unpaired) electrons. The van der Waals surface area contributed by atoms with Gasteiger partial charge in [0.1, 0.15) is 0 Å². The topological polar surface area (TPSA) is 21.3 Å². The summed E-state index contributed by atoms with van der Waals surface area (Å²) < 4.78 is 5.93. The van der Waals surface area contributed by atoms with Gasteiger partial charge >= 0.3 is 0 Å². The summed E-state index contributed by atoms with van der Waals surface area (Å²) in [4.78, 5) is 0. The third-order valence-corrected chi connectivity index (χ3v) is 3.92. The van der Waals surface area contributed by atoms with Gasteiger partial charge in [-0.1, -0.05) is 65.3 Å². The SMILES string of the molecule is CCCC(C)COCC(NCC)c1ccc(C(C)C)cc1. The van der Waals surface area contributed by atoms with E-state index < -0.39 is 0 Å². The van der Waals surface area contributed by atoms with Crippen molar-refractivity contribution in [3.8, 4) is 0 Å². The molecule has 0 aliphatic rings. The Morgan fingerprint density at radius 1 is 0.952 bits per heavy atom. The summed E-state index contributed by atoms with van der Waals surface area (Å²) in [6.45, 7) is 13.7. The van der Waals surface area contributed by atoms with Crippen LogP contribution in [0.15, 0.2) is 24.3 Å². The molecule has 2 unspecified atom stereocenters. The van der Waals surface area contributed by atoms with Crippen LogP contribution in [0.1, 0.15) is 70.5 Å². The molecule has 21 heavy (non-hydrogen) atoms. The molecule has 2 atom stereocenters. The van der Waals surface area contributed by atoms with Gasteiger partial charge in [-0.15, -0.1) is 0 Å². The molecule has 0 spiro atoms. The van der Waals surface area contributed by atoms with E-state index in [1.807, 2.05) is 0 Å². The molecule has 1 N–H and O–H groups in total. The van der Waals surface area contributed by atoms with Gasteiger partial charge in [0, 0.05) is 6.61 Å². The Bertz CT molecular complexity index is 372. The van der Waals surface area contributed by atoms with Crippen molar-refractivity contribution in [2.24, 2.45) is 5.92 Å². The lowest BCUT2D eigenvalue weighted by molar-refractivity contribution is 0.0836. The van der Waals surface area contributed by atoms with Crippen molar-refractivity contribution < 1.29 is 4.74 Å². The van der Waals surface area contributed by atoms with Gasteiger partial charge < -0.3 is 10.1 Å². The monoisotopic (exact) mass is 291 g/mol. The van der Waals surface area contributed by atoms with Crippen LogP contribution >= 0.6 is 0 Å². The largest absolute Gasteiger partial charge is 0.379 e. The van der Waals surface area contributed by atoms with E-state index in [1.165, 1.54) is 24.0 Å². The van der Waals surface area contributed by atoms with Crippen LogP contribution in [0.25, 0.3) is 0 Å².